The number of benzene rings is 2. The van der Waals surface area contributed by atoms with Gasteiger partial charge >= 0.3 is 6.09 Å². The standard InChI is InChI=1S/C31H30N8O4/c1-19-10-11-21-22(7-3-9-24(21)36-28(40)26-17-38(2)18-34-26)27(19)43-29-23(8-4-13-32-29)25-12-14-33-30(37-25)35-20-6-5-15-39(16-20)31(41)42/h3-4,7-14,17-18,20H,5-6,15-16H2,1-2H3,(H,36,40)(H,41,42)(H,33,35,37). The molecule has 0 saturated carbocycles. The van der Waals surface area contributed by atoms with E-state index in [-0.39, 0.29) is 11.9 Å². The number of anilines is 2. The van der Waals surface area contributed by atoms with Crippen LogP contribution in [0.25, 0.3) is 22.0 Å². The maximum atomic E-state index is 12.8. The number of carboxylic acid groups (broad SMARTS) is 1. The van der Waals surface area contributed by atoms with Gasteiger partial charge in [0.15, 0.2) is 0 Å². The number of rotatable bonds is 7. The van der Waals surface area contributed by atoms with Crippen molar-refractivity contribution in [3.63, 3.8) is 0 Å². The monoisotopic (exact) mass is 578 g/mol. The van der Waals surface area contributed by atoms with E-state index in [0.29, 0.717) is 53.3 Å². The minimum Gasteiger partial charge on any atom is -0.465 e. The van der Waals surface area contributed by atoms with Crippen LogP contribution in [-0.2, 0) is 7.05 Å². The molecule has 0 radical (unpaired) electrons. The summed E-state index contributed by atoms with van der Waals surface area (Å²) < 4.78 is 8.21. The number of ether oxygens (including phenoxy) is 1. The Morgan fingerprint density at radius 2 is 1.91 bits per heavy atom. The zero-order valence-electron chi connectivity index (χ0n) is 23.7. The molecule has 0 spiro atoms. The first kappa shape index (κ1) is 27.6. The van der Waals surface area contributed by atoms with Crippen molar-refractivity contribution >= 4 is 34.4 Å². The Balaban J connectivity index is 1.28. The van der Waals surface area contributed by atoms with Crippen molar-refractivity contribution in [2.75, 3.05) is 23.7 Å². The molecule has 1 unspecified atom stereocenters. The normalized spacial score (nSPS) is 14.8. The predicted octanol–water partition coefficient (Wildman–Crippen LogP) is 5.33. The first-order valence-corrected chi connectivity index (χ1v) is 13.9. The summed E-state index contributed by atoms with van der Waals surface area (Å²) in [5, 5.41) is 17.2. The SMILES string of the molecule is Cc1ccc2c(NC(=O)c3cn(C)cn3)cccc2c1Oc1ncccc1-c1ccnc(NC2CCCN(C(=O)O)C2)n1. The second kappa shape index (κ2) is 11.8. The quantitative estimate of drug-likeness (QED) is 0.233. The Hall–Kier alpha value is -5.52. The van der Waals surface area contributed by atoms with Gasteiger partial charge in [-0.1, -0.05) is 24.3 Å². The highest BCUT2D eigenvalue weighted by molar-refractivity contribution is 6.09. The number of pyridine rings is 1. The molecule has 2 amide bonds. The molecule has 218 valence electrons. The Morgan fingerprint density at radius 3 is 2.72 bits per heavy atom. The Kier molecular flexibility index (Phi) is 7.56. The fourth-order valence-electron chi connectivity index (χ4n) is 5.19. The molecule has 6 rings (SSSR count). The highest BCUT2D eigenvalue weighted by Crippen LogP contribution is 2.38. The molecule has 12 nitrogen and oxygen atoms in total. The molecule has 5 aromatic rings. The van der Waals surface area contributed by atoms with Crippen molar-refractivity contribution in [2.24, 2.45) is 7.05 Å². The average molecular weight is 579 g/mol. The van der Waals surface area contributed by atoms with E-state index in [0.717, 1.165) is 29.2 Å². The molecule has 3 N–H and O–H groups in total. The summed E-state index contributed by atoms with van der Waals surface area (Å²) in [7, 11) is 1.81. The summed E-state index contributed by atoms with van der Waals surface area (Å²) >= 11 is 0. The maximum absolute atomic E-state index is 12.8. The molecule has 1 fully saturated rings. The highest BCUT2D eigenvalue weighted by Gasteiger charge is 2.24. The van der Waals surface area contributed by atoms with E-state index in [1.807, 2.05) is 56.4 Å². The van der Waals surface area contributed by atoms with E-state index in [1.165, 1.54) is 4.90 Å². The van der Waals surface area contributed by atoms with Crippen LogP contribution < -0.4 is 15.4 Å². The van der Waals surface area contributed by atoms with E-state index in [9.17, 15) is 14.7 Å². The van der Waals surface area contributed by atoms with Crippen molar-refractivity contribution in [1.29, 1.82) is 0 Å². The van der Waals surface area contributed by atoms with Gasteiger partial charge in [0.05, 0.1) is 17.6 Å². The van der Waals surface area contributed by atoms with Crippen molar-refractivity contribution in [1.82, 2.24) is 29.4 Å². The van der Waals surface area contributed by atoms with Crippen LogP contribution in [0, 0.1) is 6.92 Å². The smallest absolute Gasteiger partial charge is 0.407 e. The number of amides is 2. The molecule has 1 aliphatic heterocycles. The third-order valence-corrected chi connectivity index (χ3v) is 7.32. The maximum Gasteiger partial charge on any atom is 0.407 e. The van der Waals surface area contributed by atoms with E-state index in [4.69, 9.17) is 9.72 Å². The van der Waals surface area contributed by atoms with Gasteiger partial charge in [0.25, 0.3) is 5.91 Å². The fourth-order valence-corrected chi connectivity index (χ4v) is 5.19. The summed E-state index contributed by atoms with van der Waals surface area (Å²) in [6.45, 7) is 2.85. The molecular formula is C31H30N8O4. The number of aromatic nitrogens is 5. The van der Waals surface area contributed by atoms with E-state index in [1.54, 1.807) is 35.6 Å². The van der Waals surface area contributed by atoms with Crippen molar-refractivity contribution < 1.29 is 19.4 Å². The van der Waals surface area contributed by atoms with Crippen LogP contribution in [-0.4, -0.2) is 65.6 Å². The van der Waals surface area contributed by atoms with Crippen LogP contribution in [0.3, 0.4) is 0 Å². The largest absolute Gasteiger partial charge is 0.465 e. The molecule has 1 saturated heterocycles. The lowest BCUT2D eigenvalue weighted by atomic mass is 10.0. The third kappa shape index (κ3) is 5.94. The van der Waals surface area contributed by atoms with E-state index < -0.39 is 6.09 Å². The number of nitrogens with zero attached hydrogens (tertiary/aromatic N) is 6. The number of fused-ring (bicyclic) bond motifs is 1. The van der Waals surface area contributed by atoms with Crippen molar-refractivity contribution in [3.8, 4) is 22.9 Å². The molecule has 1 atom stereocenters. The summed E-state index contributed by atoms with van der Waals surface area (Å²) in [6, 6.07) is 14.9. The number of piperidine rings is 1. The fraction of sp³-hybridized carbons (Fsp3) is 0.226. The number of hydrogen-bond donors (Lipinski definition) is 3. The third-order valence-electron chi connectivity index (χ3n) is 7.32. The summed E-state index contributed by atoms with van der Waals surface area (Å²) in [5.74, 6) is 1.06. The Labute approximate surface area is 247 Å². The number of nitrogens with one attached hydrogen (secondary N) is 2. The first-order chi connectivity index (χ1) is 20.9. The molecule has 1 aliphatic rings. The van der Waals surface area contributed by atoms with Crippen LogP contribution >= 0.6 is 0 Å². The van der Waals surface area contributed by atoms with Gasteiger partial charge < -0.3 is 29.9 Å². The van der Waals surface area contributed by atoms with Gasteiger partial charge in [0.1, 0.15) is 11.4 Å². The molecular weight excluding hydrogens is 548 g/mol. The molecule has 0 bridgehead atoms. The highest BCUT2D eigenvalue weighted by atomic mass is 16.5. The summed E-state index contributed by atoms with van der Waals surface area (Å²) in [4.78, 5) is 43.4. The number of likely N-dealkylation sites (tertiary alicyclic amines) is 1. The van der Waals surface area contributed by atoms with Crippen LogP contribution in [0.15, 0.2) is 73.4 Å². The van der Waals surface area contributed by atoms with Gasteiger partial charge in [-0.2, -0.15) is 0 Å². The average Bonchev–Trinajstić information content (AvgIpc) is 3.45. The summed E-state index contributed by atoms with van der Waals surface area (Å²) in [5.41, 5.74) is 3.12. The molecule has 0 aliphatic carbocycles. The Morgan fingerprint density at radius 1 is 1.02 bits per heavy atom. The number of carbonyl (C=O) groups excluding carboxylic acids is 1. The number of carbonyl (C=O) groups is 2. The van der Waals surface area contributed by atoms with Gasteiger partial charge in [-0.05, 0) is 49.6 Å². The van der Waals surface area contributed by atoms with Gasteiger partial charge in [-0.15, -0.1) is 0 Å². The lowest BCUT2D eigenvalue weighted by Crippen LogP contribution is -2.44. The lowest BCUT2D eigenvalue weighted by molar-refractivity contribution is 0.102. The Bertz CT molecular complexity index is 1820. The first-order valence-electron chi connectivity index (χ1n) is 13.9. The number of hydrogen-bond acceptors (Lipinski definition) is 8. The van der Waals surface area contributed by atoms with Gasteiger partial charge in [-0.3, -0.25) is 4.79 Å². The predicted molar refractivity (Wildman–Crippen MR) is 161 cm³/mol. The van der Waals surface area contributed by atoms with Crippen LogP contribution in [0.5, 0.6) is 11.6 Å². The van der Waals surface area contributed by atoms with Crippen molar-refractivity contribution in [3.05, 3.63) is 84.7 Å². The van der Waals surface area contributed by atoms with Gasteiger partial charge in [-0.25, -0.2) is 24.7 Å². The zero-order chi connectivity index (χ0) is 29.9. The summed E-state index contributed by atoms with van der Waals surface area (Å²) in [6.07, 6.45) is 7.21. The lowest BCUT2D eigenvalue weighted by Gasteiger charge is -2.31. The number of aryl methyl sites for hydroxylation is 2. The molecule has 3 aromatic heterocycles. The minimum absolute atomic E-state index is 0.0876. The molecule has 2 aromatic carbocycles. The van der Waals surface area contributed by atoms with E-state index >= 15 is 0 Å². The van der Waals surface area contributed by atoms with Crippen LogP contribution in [0.1, 0.15) is 28.9 Å². The van der Waals surface area contributed by atoms with E-state index in [2.05, 4.69) is 25.6 Å². The topological polar surface area (TPSA) is 147 Å². The minimum atomic E-state index is -0.926. The van der Waals surface area contributed by atoms with Gasteiger partial charge in [0.2, 0.25) is 11.8 Å². The molecule has 12 heteroatoms. The zero-order valence-corrected chi connectivity index (χ0v) is 23.7. The van der Waals surface area contributed by atoms with Crippen molar-refractivity contribution in [2.45, 2.75) is 25.8 Å². The molecule has 43 heavy (non-hydrogen) atoms. The second-order valence-corrected chi connectivity index (χ2v) is 10.4. The molecule has 4 heterocycles. The second-order valence-electron chi connectivity index (χ2n) is 10.4. The number of imidazole rings is 1. The van der Waals surface area contributed by atoms with Gasteiger partial charge in [0, 0.05) is 61.2 Å². The van der Waals surface area contributed by atoms with Crippen LogP contribution in [0.2, 0.25) is 0 Å². The van der Waals surface area contributed by atoms with Crippen LogP contribution in [0.4, 0.5) is 16.4 Å².